The molecule has 1 aromatic carbocycles. The Morgan fingerprint density at radius 3 is 2.54 bits per heavy atom. The highest BCUT2D eigenvalue weighted by molar-refractivity contribution is 5.81. The second kappa shape index (κ2) is 6.30. The van der Waals surface area contributed by atoms with Gasteiger partial charge in [0.15, 0.2) is 0 Å². The number of nitrogens with zero attached hydrogens (tertiary/aromatic N) is 3. The zero-order valence-electron chi connectivity index (χ0n) is 13.7. The summed E-state index contributed by atoms with van der Waals surface area (Å²) in [5.41, 5.74) is 0.397. The minimum atomic E-state index is -4.67. The smallest absolute Gasteiger partial charge is 0.471 e. The Morgan fingerprint density at radius 1 is 1.19 bits per heavy atom. The maximum Gasteiger partial charge on any atom is 0.471 e. The summed E-state index contributed by atoms with van der Waals surface area (Å²) >= 11 is 0. The van der Waals surface area contributed by atoms with E-state index in [2.05, 4.69) is 14.7 Å². The summed E-state index contributed by atoms with van der Waals surface area (Å²) in [5.74, 6) is -0.516. The maximum atomic E-state index is 12.5. The number of likely N-dealkylation sites (tertiary alicyclic amines) is 1. The molecule has 0 N–H and O–H groups in total. The van der Waals surface area contributed by atoms with E-state index in [0.29, 0.717) is 24.4 Å². The number of rotatable bonds is 4. The fourth-order valence-corrected chi connectivity index (χ4v) is 2.94. The molecule has 2 aliphatic rings. The molecule has 6 nitrogen and oxygen atoms in total. The molecular formula is C17H16F3N3O3. The predicted octanol–water partition coefficient (Wildman–Crippen LogP) is 3.15. The molecule has 0 radical (unpaired) electrons. The third-order valence-electron chi connectivity index (χ3n) is 4.47. The number of ether oxygens (including phenoxy) is 1. The molecule has 138 valence electrons. The fourth-order valence-electron chi connectivity index (χ4n) is 2.94. The first-order chi connectivity index (χ1) is 12.4. The lowest BCUT2D eigenvalue weighted by Gasteiger charge is -2.17. The van der Waals surface area contributed by atoms with Crippen molar-refractivity contribution in [3.8, 4) is 17.1 Å². The van der Waals surface area contributed by atoms with E-state index in [1.807, 2.05) is 4.90 Å². The van der Waals surface area contributed by atoms with Gasteiger partial charge in [0.25, 0.3) is 0 Å². The Morgan fingerprint density at radius 2 is 1.92 bits per heavy atom. The van der Waals surface area contributed by atoms with E-state index in [9.17, 15) is 18.0 Å². The van der Waals surface area contributed by atoms with Crippen LogP contribution in [0, 0.1) is 5.92 Å². The van der Waals surface area contributed by atoms with E-state index in [0.717, 1.165) is 19.3 Å². The van der Waals surface area contributed by atoms with Crippen LogP contribution in [0.5, 0.6) is 5.75 Å². The lowest BCUT2D eigenvalue weighted by molar-refractivity contribution is -0.159. The molecule has 1 aromatic heterocycles. The molecule has 1 atom stereocenters. The number of amides is 1. The van der Waals surface area contributed by atoms with Crippen molar-refractivity contribution in [2.75, 3.05) is 13.1 Å². The zero-order valence-corrected chi connectivity index (χ0v) is 13.7. The Bertz CT molecular complexity index is 800. The first-order valence-electron chi connectivity index (χ1n) is 8.37. The quantitative estimate of drug-likeness (QED) is 0.830. The molecule has 2 heterocycles. The van der Waals surface area contributed by atoms with Gasteiger partial charge < -0.3 is 14.2 Å². The monoisotopic (exact) mass is 367 g/mol. The number of hydrogen-bond acceptors (Lipinski definition) is 5. The molecular weight excluding hydrogens is 351 g/mol. The van der Waals surface area contributed by atoms with Crippen molar-refractivity contribution < 1.29 is 27.2 Å². The molecule has 2 fully saturated rings. The average Bonchev–Trinajstić information content (AvgIpc) is 3.14. The summed E-state index contributed by atoms with van der Waals surface area (Å²) in [5, 5.41) is 3.35. The van der Waals surface area contributed by atoms with Gasteiger partial charge in [0.1, 0.15) is 11.9 Å². The van der Waals surface area contributed by atoms with E-state index < -0.39 is 12.1 Å². The van der Waals surface area contributed by atoms with Crippen molar-refractivity contribution in [1.82, 2.24) is 15.0 Å². The highest BCUT2D eigenvalue weighted by atomic mass is 19.4. The lowest BCUT2D eigenvalue weighted by Crippen LogP contribution is -2.31. The highest BCUT2D eigenvalue weighted by Crippen LogP contribution is 2.33. The van der Waals surface area contributed by atoms with Gasteiger partial charge in [0.05, 0.1) is 6.54 Å². The third-order valence-corrected chi connectivity index (χ3v) is 4.47. The third kappa shape index (κ3) is 3.51. The van der Waals surface area contributed by atoms with Crippen LogP contribution in [-0.4, -0.2) is 40.1 Å². The minimum absolute atomic E-state index is 0.0782. The van der Waals surface area contributed by atoms with Crippen molar-refractivity contribution in [2.24, 2.45) is 5.92 Å². The molecule has 1 aliphatic carbocycles. The SMILES string of the molecule is O=C(C1CC1)N1CCC(Oc2ccc(-c3noc(C(F)(F)F)n3)cc2)C1. The second-order valence-corrected chi connectivity index (χ2v) is 6.53. The minimum Gasteiger partial charge on any atom is -0.489 e. The first-order valence-corrected chi connectivity index (χ1v) is 8.37. The predicted molar refractivity (Wildman–Crippen MR) is 83.1 cm³/mol. The standard InChI is InChI=1S/C17H16F3N3O3/c18-17(19,20)16-21-14(22-26-16)10-3-5-12(6-4-10)25-13-7-8-23(9-13)15(24)11-1-2-11/h3-6,11,13H,1-2,7-9H2. The molecule has 2 aromatic rings. The maximum absolute atomic E-state index is 12.5. The normalized spacial score (nSPS) is 20.4. The van der Waals surface area contributed by atoms with Crippen molar-refractivity contribution >= 4 is 5.91 Å². The first kappa shape index (κ1) is 16.9. The number of aromatic nitrogens is 2. The van der Waals surface area contributed by atoms with Crippen LogP contribution in [-0.2, 0) is 11.0 Å². The number of alkyl halides is 3. The number of halogens is 3. The van der Waals surface area contributed by atoms with Crippen LogP contribution in [0.25, 0.3) is 11.4 Å². The molecule has 1 aliphatic heterocycles. The average molecular weight is 367 g/mol. The van der Waals surface area contributed by atoms with Gasteiger partial charge in [-0.15, -0.1) is 0 Å². The Labute approximate surface area is 146 Å². The molecule has 0 spiro atoms. The van der Waals surface area contributed by atoms with Gasteiger partial charge in [-0.05, 0) is 37.1 Å². The molecule has 1 saturated carbocycles. The molecule has 1 amide bonds. The van der Waals surface area contributed by atoms with E-state index >= 15 is 0 Å². The van der Waals surface area contributed by atoms with Crippen LogP contribution in [0.2, 0.25) is 0 Å². The summed E-state index contributed by atoms with van der Waals surface area (Å²) in [4.78, 5) is 17.2. The van der Waals surface area contributed by atoms with Gasteiger partial charge in [0, 0.05) is 24.4 Å². The Kier molecular flexibility index (Phi) is 4.08. The number of hydrogen-bond donors (Lipinski definition) is 0. The zero-order chi connectivity index (χ0) is 18.3. The molecule has 0 bridgehead atoms. The Hall–Kier alpha value is -2.58. The topological polar surface area (TPSA) is 68.5 Å². The lowest BCUT2D eigenvalue weighted by atomic mass is 10.2. The number of benzene rings is 1. The molecule has 9 heteroatoms. The molecule has 1 unspecified atom stereocenters. The van der Waals surface area contributed by atoms with Crippen LogP contribution in [0.4, 0.5) is 13.2 Å². The summed E-state index contributed by atoms with van der Waals surface area (Å²) < 4.78 is 47.6. The van der Waals surface area contributed by atoms with Crippen molar-refractivity contribution in [3.63, 3.8) is 0 Å². The van der Waals surface area contributed by atoms with E-state index in [1.165, 1.54) is 0 Å². The van der Waals surface area contributed by atoms with Crippen LogP contribution >= 0.6 is 0 Å². The number of carbonyl (C=O) groups is 1. The van der Waals surface area contributed by atoms with Crippen molar-refractivity contribution in [3.05, 3.63) is 30.2 Å². The Balaban J connectivity index is 1.37. The van der Waals surface area contributed by atoms with Gasteiger partial charge in [0.2, 0.25) is 11.7 Å². The van der Waals surface area contributed by atoms with Crippen LogP contribution < -0.4 is 4.74 Å². The van der Waals surface area contributed by atoms with E-state index in [1.54, 1.807) is 24.3 Å². The largest absolute Gasteiger partial charge is 0.489 e. The highest BCUT2D eigenvalue weighted by Gasteiger charge is 2.39. The van der Waals surface area contributed by atoms with Crippen LogP contribution in [0.3, 0.4) is 0 Å². The molecule has 4 rings (SSSR count). The van der Waals surface area contributed by atoms with Gasteiger partial charge in [-0.25, -0.2) is 0 Å². The van der Waals surface area contributed by atoms with Gasteiger partial charge in [-0.3, -0.25) is 4.79 Å². The van der Waals surface area contributed by atoms with Gasteiger partial charge in [-0.2, -0.15) is 18.2 Å². The molecule has 26 heavy (non-hydrogen) atoms. The molecule has 1 saturated heterocycles. The van der Waals surface area contributed by atoms with Gasteiger partial charge >= 0.3 is 12.1 Å². The summed E-state index contributed by atoms with van der Waals surface area (Å²) in [6, 6.07) is 6.43. The van der Waals surface area contributed by atoms with E-state index in [-0.39, 0.29) is 23.8 Å². The van der Waals surface area contributed by atoms with Gasteiger partial charge in [-0.1, -0.05) is 5.16 Å². The van der Waals surface area contributed by atoms with Crippen molar-refractivity contribution in [2.45, 2.75) is 31.5 Å². The van der Waals surface area contributed by atoms with Crippen LogP contribution in [0.15, 0.2) is 28.8 Å². The van der Waals surface area contributed by atoms with E-state index in [4.69, 9.17) is 4.74 Å². The summed E-state index contributed by atoms with van der Waals surface area (Å²) in [7, 11) is 0. The summed E-state index contributed by atoms with van der Waals surface area (Å²) in [6.07, 6.45) is -2.02. The van der Waals surface area contributed by atoms with Crippen molar-refractivity contribution in [1.29, 1.82) is 0 Å². The van der Waals surface area contributed by atoms with Crippen LogP contribution in [0.1, 0.15) is 25.2 Å². The fraction of sp³-hybridized carbons (Fsp3) is 0.471. The summed E-state index contributed by atoms with van der Waals surface area (Å²) in [6.45, 7) is 1.26. The second-order valence-electron chi connectivity index (χ2n) is 6.53. The number of carbonyl (C=O) groups excluding carboxylic acids is 1.